The Labute approximate surface area is 232 Å². The highest BCUT2D eigenvalue weighted by Gasteiger charge is 2.23. The first-order valence-corrected chi connectivity index (χ1v) is 13.2. The van der Waals surface area contributed by atoms with Crippen molar-refractivity contribution in [3.05, 3.63) is 96.5 Å². The van der Waals surface area contributed by atoms with Crippen LogP contribution >= 0.6 is 34.3 Å². The summed E-state index contributed by atoms with van der Waals surface area (Å²) in [7, 11) is 0. The predicted octanol–water partition coefficient (Wildman–Crippen LogP) is 3.55. The summed E-state index contributed by atoms with van der Waals surface area (Å²) in [6, 6.07) is 7.59. The molecule has 0 aliphatic carbocycles. The van der Waals surface area contributed by atoms with E-state index in [4.69, 9.17) is 11.6 Å². The van der Waals surface area contributed by atoms with Gasteiger partial charge in [-0.15, -0.1) is 22.7 Å². The Balaban J connectivity index is 1.56. The van der Waals surface area contributed by atoms with Gasteiger partial charge in [0.25, 0.3) is 11.5 Å². The van der Waals surface area contributed by atoms with Crippen LogP contribution in [0.4, 0.5) is 5.82 Å². The molecule has 0 bridgehead atoms. The largest absolute Gasteiger partial charge is 0.477 e. The van der Waals surface area contributed by atoms with E-state index >= 15 is 0 Å². The Morgan fingerprint density at radius 1 is 1.08 bits per heavy atom. The first-order valence-electron chi connectivity index (χ1n) is 11.1. The van der Waals surface area contributed by atoms with Crippen LogP contribution in [0, 0.1) is 0 Å². The molecule has 5 aromatic heterocycles. The van der Waals surface area contributed by atoms with Gasteiger partial charge in [-0.1, -0.05) is 11.6 Å². The summed E-state index contributed by atoms with van der Waals surface area (Å²) >= 11 is 8.51. The molecule has 0 saturated heterocycles. The predicted molar refractivity (Wildman–Crippen MR) is 144 cm³/mol. The normalized spacial score (nSPS) is 10.9. The number of anilines is 1. The van der Waals surface area contributed by atoms with E-state index in [0.717, 1.165) is 25.5 Å². The third-order valence-corrected chi connectivity index (χ3v) is 7.43. The molecule has 0 atom stereocenters. The van der Waals surface area contributed by atoms with Crippen LogP contribution in [0.15, 0.2) is 65.4 Å². The molecule has 5 aromatic rings. The first kappa shape index (κ1) is 26.1. The van der Waals surface area contributed by atoms with Crippen LogP contribution in [0.1, 0.15) is 35.5 Å². The molecular formula is C24H16ClN7O5S2. The molecule has 0 saturated carbocycles. The summed E-state index contributed by atoms with van der Waals surface area (Å²) in [6.07, 6.45) is 5.33. The number of aromatic carboxylic acids is 1. The minimum Gasteiger partial charge on any atom is -0.477 e. The van der Waals surface area contributed by atoms with Crippen LogP contribution in [0.3, 0.4) is 0 Å². The van der Waals surface area contributed by atoms with Crippen LogP contribution in [-0.4, -0.2) is 52.1 Å². The zero-order chi connectivity index (χ0) is 27.5. The van der Waals surface area contributed by atoms with E-state index in [-0.39, 0.29) is 22.8 Å². The third-order valence-electron chi connectivity index (χ3n) is 5.44. The van der Waals surface area contributed by atoms with Gasteiger partial charge < -0.3 is 10.4 Å². The molecule has 0 aliphatic rings. The standard InChI is InChI=1S/C24H16ClN7O5S2/c25-20-4-1-13(39-20)8-29-21-7-15(30-32(21)23(35)19-10-27-12-38-19)14-2-3-17(24(36)37)31(22(14)34)11-18(33)16-9-26-5-6-28-16/h1-7,9-10,12,29H,8,11H2,(H,36,37). The number of halogens is 1. The molecule has 5 rings (SSSR count). The Kier molecular flexibility index (Phi) is 7.40. The van der Waals surface area contributed by atoms with Crippen molar-refractivity contribution in [1.29, 1.82) is 0 Å². The first-order chi connectivity index (χ1) is 18.8. The van der Waals surface area contributed by atoms with Gasteiger partial charge in [0.05, 0.1) is 40.9 Å². The number of carbonyl (C=O) groups excluding carboxylic acids is 2. The zero-order valence-electron chi connectivity index (χ0n) is 19.6. The number of carboxylic acid groups (broad SMARTS) is 1. The summed E-state index contributed by atoms with van der Waals surface area (Å²) in [6.45, 7) is -0.259. The Morgan fingerprint density at radius 2 is 1.92 bits per heavy atom. The van der Waals surface area contributed by atoms with Crippen molar-refractivity contribution in [3.63, 3.8) is 0 Å². The fourth-order valence-corrected chi connectivity index (χ4v) is 5.20. The number of nitrogens with zero attached hydrogens (tertiary/aromatic N) is 6. The highest BCUT2D eigenvalue weighted by Crippen LogP contribution is 2.25. The zero-order valence-corrected chi connectivity index (χ0v) is 22.0. The quantitative estimate of drug-likeness (QED) is 0.246. The molecule has 0 spiro atoms. The second kappa shape index (κ2) is 11.1. The Hall–Kier alpha value is -4.53. The number of thiophene rings is 1. The van der Waals surface area contributed by atoms with Gasteiger partial charge in [-0.05, 0) is 24.3 Å². The van der Waals surface area contributed by atoms with Crippen molar-refractivity contribution < 1.29 is 19.5 Å². The maximum Gasteiger partial charge on any atom is 0.352 e. The van der Waals surface area contributed by atoms with E-state index in [1.807, 2.05) is 6.07 Å². The van der Waals surface area contributed by atoms with Crippen molar-refractivity contribution in [1.82, 2.24) is 29.3 Å². The van der Waals surface area contributed by atoms with Crippen LogP contribution in [0.25, 0.3) is 11.3 Å². The fourth-order valence-electron chi connectivity index (χ4n) is 3.63. The van der Waals surface area contributed by atoms with Crippen molar-refractivity contribution in [3.8, 4) is 11.3 Å². The number of thiazole rings is 1. The van der Waals surface area contributed by atoms with Gasteiger partial charge in [-0.3, -0.25) is 28.9 Å². The number of carboxylic acids is 1. The summed E-state index contributed by atoms with van der Waals surface area (Å²) in [5, 5.41) is 17.2. The highest BCUT2D eigenvalue weighted by molar-refractivity contribution is 7.16. The van der Waals surface area contributed by atoms with Gasteiger partial charge in [0.2, 0.25) is 5.78 Å². The Bertz CT molecular complexity index is 1750. The summed E-state index contributed by atoms with van der Waals surface area (Å²) in [4.78, 5) is 64.2. The maximum absolute atomic E-state index is 13.5. The SMILES string of the molecule is O=C(Cn1c(C(=O)O)ccc(-c2cc(NCc3ccc(Cl)s3)n(C(=O)c3cncs3)n2)c1=O)c1cnccn1. The van der Waals surface area contributed by atoms with E-state index in [1.165, 1.54) is 59.8 Å². The second-order valence-electron chi connectivity index (χ2n) is 7.90. The number of ketones is 1. The number of rotatable bonds is 9. The molecule has 0 unspecified atom stereocenters. The van der Waals surface area contributed by atoms with Crippen LogP contribution in [0.2, 0.25) is 4.34 Å². The van der Waals surface area contributed by atoms with Gasteiger partial charge in [0, 0.05) is 23.3 Å². The third kappa shape index (κ3) is 5.52. The lowest BCUT2D eigenvalue weighted by molar-refractivity contribution is 0.0683. The second-order valence-corrected chi connectivity index (χ2v) is 10.6. The molecule has 0 amide bonds. The van der Waals surface area contributed by atoms with Gasteiger partial charge in [-0.2, -0.15) is 9.78 Å². The number of aromatic nitrogens is 6. The minimum absolute atomic E-state index is 0.00924. The van der Waals surface area contributed by atoms with Gasteiger partial charge in [0.15, 0.2) is 0 Å². The summed E-state index contributed by atoms with van der Waals surface area (Å²) < 4.78 is 2.55. The molecule has 15 heteroatoms. The van der Waals surface area contributed by atoms with E-state index in [2.05, 4.69) is 25.4 Å². The lowest BCUT2D eigenvalue weighted by Gasteiger charge is -2.10. The molecule has 39 heavy (non-hydrogen) atoms. The lowest BCUT2D eigenvalue weighted by Crippen LogP contribution is -2.30. The smallest absolute Gasteiger partial charge is 0.352 e. The topological polar surface area (TPSA) is 162 Å². The molecule has 0 aliphatic heterocycles. The summed E-state index contributed by atoms with van der Waals surface area (Å²) in [5.41, 5.74) is 0.404. The average molecular weight is 582 g/mol. The molecule has 0 radical (unpaired) electrons. The number of carbonyl (C=O) groups is 3. The van der Waals surface area contributed by atoms with Gasteiger partial charge in [0.1, 0.15) is 27.8 Å². The van der Waals surface area contributed by atoms with Crippen molar-refractivity contribution in [2.24, 2.45) is 0 Å². The van der Waals surface area contributed by atoms with Crippen molar-refractivity contribution in [2.75, 3.05) is 5.32 Å². The van der Waals surface area contributed by atoms with Crippen LogP contribution < -0.4 is 10.9 Å². The molecule has 0 fully saturated rings. The summed E-state index contributed by atoms with van der Waals surface area (Å²) in [5.74, 6) is -2.19. The van der Waals surface area contributed by atoms with Gasteiger partial charge >= 0.3 is 5.97 Å². The number of pyridine rings is 1. The number of nitrogens with one attached hydrogen (secondary N) is 1. The van der Waals surface area contributed by atoms with Crippen molar-refractivity contribution >= 4 is 57.8 Å². The minimum atomic E-state index is -1.39. The van der Waals surface area contributed by atoms with Gasteiger partial charge in [-0.25, -0.2) is 9.78 Å². The van der Waals surface area contributed by atoms with E-state index in [9.17, 15) is 24.3 Å². The maximum atomic E-state index is 13.5. The molecule has 5 heterocycles. The lowest BCUT2D eigenvalue weighted by atomic mass is 10.1. The fraction of sp³-hybridized carbons (Fsp3) is 0.0833. The average Bonchev–Trinajstić information content (AvgIpc) is 3.70. The van der Waals surface area contributed by atoms with Crippen LogP contribution in [0.5, 0.6) is 0 Å². The number of Topliss-reactive ketones (excluding diaryl/α,β-unsaturated/α-hetero) is 1. The monoisotopic (exact) mass is 581 g/mol. The van der Waals surface area contributed by atoms with Crippen molar-refractivity contribution in [2.45, 2.75) is 13.1 Å². The van der Waals surface area contributed by atoms with Crippen LogP contribution in [-0.2, 0) is 13.1 Å². The van der Waals surface area contributed by atoms with E-state index in [1.54, 1.807) is 6.07 Å². The molecule has 12 nitrogen and oxygen atoms in total. The Morgan fingerprint density at radius 3 is 2.59 bits per heavy atom. The van der Waals surface area contributed by atoms with E-state index in [0.29, 0.717) is 15.8 Å². The molecule has 0 aromatic carbocycles. The molecule has 196 valence electrons. The highest BCUT2D eigenvalue weighted by atomic mass is 35.5. The molecule has 2 N–H and O–H groups in total. The van der Waals surface area contributed by atoms with E-state index < -0.39 is 35.5 Å². The molecular weight excluding hydrogens is 566 g/mol. The number of hydrogen-bond acceptors (Lipinski definition) is 11. The number of hydrogen-bond donors (Lipinski definition) is 2.